The van der Waals surface area contributed by atoms with Crippen molar-refractivity contribution in [1.29, 1.82) is 0 Å². The van der Waals surface area contributed by atoms with E-state index >= 15 is 0 Å². The molecule has 0 saturated heterocycles. The van der Waals surface area contributed by atoms with Crippen molar-refractivity contribution >= 4 is 5.78 Å². The summed E-state index contributed by atoms with van der Waals surface area (Å²) in [6, 6.07) is 0. The third kappa shape index (κ3) is 1.67. The summed E-state index contributed by atoms with van der Waals surface area (Å²) in [6.07, 6.45) is 0. The van der Waals surface area contributed by atoms with Crippen molar-refractivity contribution in [2.24, 2.45) is 0 Å². The van der Waals surface area contributed by atoms with Crippen LogP contribution in [-0.4, -0.2) is 18.0 Å². The molecule has 0 atom stereocenters. The van der Waals surface area contributed by atoms with Gasteiger partial charge in [0.25, 0.3) is 0 Å². The number of carbonyl (C=O) groups excluding carboxylic acids is 1. The highest BCUT2D eigenvalue weighted by molar-refractivity contribution is 5.99. The molecule has 0 bridgehead atoms. The largest absolute Gasteiger partial charge is 0.504 e. The number of ketones is 1. The first-order chi connectivity index (χ1) is 6.91. The number of ether oxygens (including phenoxy) is 1. The molecule has 1 aromatic carbocycles. The van der Waals surface area contributed by atoms with Gasteiger partial charge in [-0.2, -0.15) is 0 Å². The zero-order valence-corrected chi connectivity index (χ0v) is 9.14. The van der Waals surface area contributed by atoms with Crippen molar-refractivity contribution in [3.63, 3.8) is 0 Å². The number of phenols is 1. The predicted octanol–water partition coefficient (Wildman–Crippen LogP) is 2.36. The monoisotopic (exact) mass is 212 g/mol. The number of phenolic OH excluding ortho intramolecular Hbond substituents is 1. The number of hydrogen-bond acceptors (Lipinski definition) is 3. The number of rotatable bonds is 2. The average molecular weight is 212 g/mol. The summed E-state index contributed by atoms with van der Waals surface area (Å²) in [5.41, 5.74) is 0.339. The van der Waals surface area contributed by atoms with E-state index in [9.17, 15) is 14.3 Å². The van der Waals surface area contributed by atoms with Gasteiger partial charge in [-0.1, -0.05) is 0 Å². The molecular weight excluding hydrogens is 199 g/mol. The number of Topliss-reactive ketones (excluding diaryl/α,β-unsaturated/α-hetero) is 1. The summed E-state index contributed by atoms with van der Waals surface area (Å²) < 4.78 is 18.5. The van der Waals surface area contributed by atoms with E-state index in [-0.39, 0.29) is 34.0 Å². The Morgan fingerprint density at radius 1 is 1.33 bits per heavy atom. The van der Waals surface area contributed by atoms with Crippen molar-refractivity contribution in [3.05, 3.63) is 22.5 Å². The molecule has 0 radical (unpaired) electrons. The quantitative estimate of drug-likeness (QED) is 0.765. The fraction of sp³-hybridized carbons (Fsp3) is 0.364. The average Bonchev–Trinajstić information content (AvgIpc) is 2.15. The highest BCUT2D eigenvalue weighted by Gasteiger charge is 2.22. The summed E-state index contributed by atoms with van der Waals surface area (Å²) in [7, 11) is 1.32. The van der Waals surface area contributed by atoms with E-state index in [0.717, 1.165) is 0 Å². The number of hydrogen-bond donors (Lipinski definition) is 1. The lowest BCUT2D eigenvalue weighted by molar-refractivity contribution is 0.101. The molecule has 4 heteroatoms. The first-order valence-corrected chi connectivity index (χ1v) is 4.48. The minimum Gasteiger partial charge on any atom is -0.504 e. The molecule has 0 fully saturated rings. The number of halogens is 1. The Bertz CT molecular complexity index is 425. The maximum absolute atomic E-state index is 13.6. The second-order valence-corrected chi connectivity index (χ2v) is 3.38. The Morgan fingerprint density at radius 2 is 1.87 bits per heavy atom. The molecule has 0 aliphatic heterocycles. The second-order valence-electron chi connectivity index (χ2n) is 3.38. The molecule has 3 nitrogen and oxygen atoms in total. The smallest absolute Gasteiger partial charge is 0.169 e. The third-order valence-electron chi connectivity index (χ3n) is 2.38. The van der Waals surface area contributed by atoms with E-state index < -0.39 is 5.82 Å². The van der Waals surface area contributed by atoms with Gasteiger partial charge in [-0.05, 0) is 26.3 Å². The molecule has 0 saturated carbocycles. The standard InChI is InChI=1S/C11H13FO3/c1-5-8(7(3)13)10(14)11(15-4)6(2)9(5)12/h14H,1-4H3. The van der Waals surface area contributed by atoms with Gasteiger partial charge in [-0.3, -0.25) is 4.79 Å². The molecule has 1 N–H and O–H groups in total. The molecule has 0 amide bonds. The maximum atomic E-state index is 13.6. The number of methoxy groups -OCH3 is 1. The van der Waals surface area contributed by atoms with Crippen molar-refractivity contribution in [1.82, 2.24) is 0 Å². The van der Waals surface area contributed by atoms with Crippen LogP contribution in [0.2, 0.25) is 0 Å². The van der Waals surface area contributed by atoms with Gasteiger partial charge in [0, 0.05) is 5.56 Å². The Balaban J connectivity index is 3.68. The van der Waals surface area contributed by atoms with Crippen LogP contribution >= 0.6 is 0 Å². The summed E-state index contributed by atoms with van der Waals surface area (Å²) in [5.74, 6) is -1.18. The van der Waals surface area contributed by atoms with Crippen LogP contribution in [0.5, 0.6) is 11.5 Å². The van der Waals surface area contributed by atoms with E-state index in [1.165, 1.54) is 27.9 Å². The van der Waals surface area contributed by atoms with E-state index in [2.05, 4.69) is 0 Å². The van der Waals surface area contributed by atoms with Crippen molar-refractivity contribution in [2.45, 2.75) is 20.8 Å². The van der Waals surface area contributed by atoms with Gasteiger partial charge in [-0.25, -0.2) is 4.39 Å². The normalized spacial score (nSPS) is 10.2. The summed E-state index contributed by atoms with van der Waals surface area (Å²) in [6.45, 7) is 4.22. The van der Waals surface area contributed by atoms with Crippen LogP contribution in [0, 0.1) is 19.7 Å². The second kappa shape index (κ2) is 3.88. The summed E-state index contributed by atoms with van der Waals surface area (Å²) in [4.78, 5) is 11.2. The Morgan fingerprint density at radius 3 is 2.27 bits per heavy atom. The highest BCUT2D eigenvalue weighted by Crippen LogP contribution is 2.37. The van der Waals surface area contributed by atoms with Crippen molar-refractivity contribution in [2.75, 3.05) is 7.11 Å². The minimum absolute atomic E-state index is 0.0169. The SMILES string of the molecule is COc1c(C)c(F)c(C)c(C(C)=O)c1O. The topological polar surface area (TPSA) is 46.5 Å². The van der Waals surface area contributed by atoms with Gasteiger partial charge in [0.1, 0.15) is 5.82 Å². The van der Waals surface area contributed by atoms with Crippen LogP contribution in [0.1, 0.15) is 28.4 Å². The molecule has 1 aromatic rings. The van der Waals surface area contributed by atoms with E-state index in [0.29, 0.717) is 0 Å². The predicted molar refractivity (Wildman–Crippen MR) is 54.1 cm³/mol. The maximum Gasteiger partial charge on any atom is 0.169 e. The Hall–Kier alpha value is -1.58. The minimum atomic E-state index is -0.519. The molecule has 15 heavy (non-hydrogen) atoms. The van der Waals surface area contributed by atoms with Crippen LogP contribution in [0.4, 0.5) is 4.39 Å². The van der Waals surface area contributed by atoms with Gasteiger partial charge < -0.3 is 9.84 Å². The van der Waals surface area contributed by atoms with Gasteiger partial charge in [0.15, 0.2) is 17.3 Å². The van der Waals surface area contributed by atoms with Gasteiger partial charge in [-0.15, -0.1) is 0 Å². The highest BCUT2D eigenvalue weighted by atomic mass is 19.1. The van der Waals surface area contributed by atoms with Gasteiger partial charge in [0.05, 0.1) is 12.7 Å². The lowest BCUT2D eigenvalue weighted by Gasteiger charge is -2.14. The molecule has 0 unspecified atom stereocenters. The molecule has 0 spiro atoms. The molecule has 0 aromatic heterocycles. The molecule has 1 rings (SSSR count). The fourth-order valence-corrected chi connectivity index (χ4v) is 1.64. The Kier molecular flexibility index (Phi) is 2.98. The van der Waals surface area contributed by atoms with Crippen molar-refractivity contribution in [3.8, 4) is 11.5 Å². The van der Waals surface area contributed by atoms with Crippen LogP contribution in [0.25, 0.3) is 0 Å². The van der Waals surface area contributed by atoms with Crippen LogP contribution in [0.15, 0.2) is 0 Å². The molecule has 0 aliphatic carbocycles. The van der Waals surface area contributed by atoms with Crippen molar-refractivity contribution < 1.29 is 19.0 Å². The van der Waals surface area contributed by atoms with Crippen LogP contribution in [-0.2, 0) is 0 Å². The van der Waals surface area contributed by atoms with E-state index in [1.807, 2.05) is 0 Å². The third-order valence-corrected chi connectivity index (χ3v) is 2.38. The zero-order chi connectivity index (χ0) is 11.7. The Labute approximate surface area is 87.5 Å². The van der Waals surface area contributed by atoms with Gasteiger partial charge >= 0.3 is 0 Å². The fourth-order valence-electron chi connectivity index (χ4n) is 1.64. The number of aromatic hydroxyl groups is 1. The first kappa shape index (κ1) is 11.5. The number of carbonyl (C=O) groups is 1. The van der Waals surface area contributed by atoms with Gasteiger partial charge in [0.2, 0.25) is 0 Å². The summed E-state index contributed by atoms with van der Waals surface area (Å²) in [5, 5.41) is 9.73. The van der Waals surface area contributed by atoms with E-state index in [1.54, 1.807) is 0 Å². The molecule has 0 heterocycles. The molecular formula is C11H13FO3. The van der Waals surface area contributed by atoms with Crippen LogP contribution < -0.4 is 4.74 Å². The summed E-state index contributed by atoms with van der Waals surface area (Å²) >= 11 is 0. The lowest BCUT2D eigenvalue weighted by Crippen LogP contribution is -2.04. The lowest BCUT2D eigenvalue weighted by atomic mass is 9.99. The molecule has 0 aliphatic rings. The number of benzene rings is 1. The first-order valence-electron chi connectivity index (χ1n) is 4.48. The van der Waals surface area contributed by atoms with Crippen LogP contribution in [0.3, 0.4) is 0 Å². The molecule has 82 valence electrons. The van der Waals surface area contributed by atoms with E-state index in [4.69, 9.17) is 4.74 Å². The zero-order valence-electron chi connectivity index (χ0n) is 9.14.